The largest absolute Gasteiger partial charge is 0.421 e. The van der Waals surface area contributed by atoms with Gasteiger partial charge in [0.2, 0.25) is 11.8 Å². The van der Waals surface area contributed by atoms with Gasteiger partial charge in [0.05, 0.1) is 11.1 Å². The minimum Gasteiger partial charge on any atom is -0.421 e. The monoisotopic (exact) mass is 241 g/mol. The van der Waals surface area contributed by atoms with Crippen LogP contribution in [0.2, 0.25) is 0 Å². The van der Waals surface area contributed by atoms with E-state index < -0.39 is 0 Å². The van der Waals surface area contributed by atoms with Gasteiger partial charge in [-0.05, 0) is 12.1 Å². The zero-order valence-electron chi connectivity index (χ0n) is 9.58. The second kappa shape index (κ2) is 4.50. The molecule has 0 spiro atoms. The number of nitrogens with two attached hydrogens (primary N) is 1. The predicted octanol–water partition coefficient (Wildman–Crippen LogP) is 1.18. The lowest BCUT2D eigenvalue weighted by Crippen LogP contribution is -2.02. The zero-order chi connectivity index (χ0) is 12.4. The number of benzene rings is 1. The molecule has 3 aromatic rings. The summed E-state index contributed by atoms with van der Waals surface area (Å²) in [6.45, 7) is 0.483. The Kier molecular flexibility index (Phi) is 2.70. The highest BCUT2D eigenvalue weighted by Crippen LogP contribution is 2.24. The average Bonchev–Trinajstić information content (AvgIpc) is 2.87. The lowest BCUT2D eigenvalue weighted by Gasteiger charge is -1.99. The van der Waals surface area contributed by atoms with E-state index in [0.29, 0.717) is 24.7 Å². The number of para-hydroxylation sites is 1. The molecule has 0 bridgehead atoms. The summed E-state index contributed by atoms with van der Waals surface area (Å²) >= 11 is 0. The first-order valence-corrected chi connectivity index (χ1v) is 5.61. The van der Waals surface area contributed by atoms with Crippen LogP contribution < -0.4 is 5.73 Å². The van der Waals surface area contributed by atoms with Gasteiger partial charge < -0.3 is 10.2 Å². The van der Waals surface area contributed by atoms with Crippen LogP contribution in [0.15, 0.2) is 35.0 Å². The molecule has 0 saturated heterocycles. The smallest absolute Gasteiger partial charge is 0.249 e. The van der Waals surface area contributed by atoms with Gasteiger partial charge in [0.15, 0.2) is 0 Å². The summed E-state index contributed by atoms with van der Waals surface area (Å²) in [7, 11) is 0. The second-order valence-electron chi connectivity index (χ2n) is 3.77. The van der Waals surface area contributed by atoms with Crippen molar-refractivity contribution in [1.29, 1.82) is 0 Å². The molecule has 0 aliphatic heterocycles. The van der Waals surface area contributed by atoms with E-state index in [0.717, 1.165) is 16.6 Å². The Morgan fingerprint density at radius 1 is 1.11 bits per heavy atom. The first-order chi connectivity index (χ1) is 8.88. The number of hydrogen-bond donors (Lipinski definition) is 1. The Balaban J connectivity index is 2.12. The van der Waals surface area contributed by atoms with E-state index in [1.54, 1.807) is 12.4 Å². The lowest BCUT2D eigenvalue weighted by atomic mass is 10.2. The van der Waals surface area contributed by atoms with Gasteiger partial charge >= 0.3 is 0 Å². The molecule has 0 saturated carbocycles. The normalized spacial score (nSPS) is 10.9. The zero-order valence-corrected chi connectivity index (χ0v) is 9.58. The van der Waals surface area contributed by atoms with Crippen molar-refractivity contribution in [3.05, 3.63) is 36.5 Å². The van der Waals surface area contributed by atoms with Crippen molar-refractivity contribution < 1.29 is 4.42 Å². The van der Waals surface area contributed by atoms with Crippen LogP contribution in [0.5, 0.6) is 0 Å². The maximum atomic E-state index is 5.55. The maximum absolute atomic E-state index is 5.55. The van der Waals surface area contributed by atoms with Gasteiger partial charge in [-0.3, -0.25) is 9.97 Å². The molecule has 18 heavy (non-hydrogen) atoms. The fourth-order valence-corrected chi connectivity index (χ4v) is 1.75. The molecule has 6 nitrogen and oxygen atoms in total. The van der Waals surface area contributed by atoms with Crippen molar-refractivity contribution in [3.8, 4) is 11.5 Å². The van der Waals surface area contributed by atoms with Crippen LogP contribution in [-0.4, -0.2) is 26.7 Å². The fraction of sp³-hybridized carbons (Fsp3) is 0.167. The van der Waals surface area contributed by atoms with E-state index >= 15 is 0 Å². The van der Waals surface area contributed by atoms with Crippen molar-refractivity contribution in [2.75, 3.05) is 6.54 Å². The summed E-state index contributed by atoms with van der Waals surface area (Å²) in [6, 6.07) is 5.67. The van der Waals surface area contributed by atoms with Crippen LogP contribution >= 0.6 is 0 Å². The number of fused-ring (bicyclic) bond motifs is 1. The minimum absolute atomic E-state index is 0.449. The van der Waals surface area contributed by atoms with E-state index in [2.05, 4.69) is 20.2 Å². The average molecular weight is 241 g/mol. The van der Waals surface area contributed by atoms with Crippen LogP contribution in [0.25, 0.3) is 22.5 Å². The van der Waals surface area contributed by atoms with Crippen molar-refractivity contribution in [2.24, 2.45) is 5.73 Å². The summed E-state index contributed by atoms with van der Waals surface area (Å²) in [5.41, 5.74) is 7.79. The molecule has 0 amide bonds. The highest BCUT2D eigenvalue weighted by molar-refractivity contribution is 5.88. The van der Waals surface area contributed by atoms with Gasteiger partial charge in [-0.2, -0.15) is 0 Å². The molecule has 0 aliphatic rings. The Hall–Kier alpha value is -2.34. The third-order valence-corrected chi connectivity index (χ3v) is 2.55. The van der Waals surface area contributed by atoms with Crippen molar-refractivity contribution >= 4 is 11.0 Å². The molecule has 0 atom stereocenters. The van der Waals surface area contributed by atoms with Crippen LogP contribution in [0.4, 0.5) is 0 Å². The Labute approximate surface area is 103 Å². The first kappa shape index (κ1) is 10.8. The second-order valence-corrected chi connectivity index (χ2v) is 3.77. The molecule has 2 heterocycles. The fourth-order valence-electron chi connectivity index (χ4n) is 1.75. The molecule has 6 heteroatoms. The molecule has 0 aliphatic carbocycles. The van der Waals surface area contributed by atoms with Gasteiger partial charge in [0, 0.05) is 25.4 Å². The first-order valence-electron chi connectivity index (χ1n) is 5.61. The number of hydrogen-bond acceptors (Lipinski definition) is 6. The van der Waals surface area contributed by atoms with E-state index in [1.807, 2.05) is 18.2 Å². The molecule has 0 fully saturated rings. The molecule has 0 unspecified atom stereocenters. The standard InChI is InChI=1S/C12H11N5O/c13-5-4-10-16-17-12(18-10)8-2-1-3-9-11(8)15-7-6-14-9/h1-3,6-7H,4-5,13H2. The number of rotatable bonds is 3. The van der Waals surface area contributed by atoms with Crippen LogP contribution in [0.1, 0.15) is 5.89 Å². The quantitative estimate of drug-likeness (QED) is 0.740. The summed E-state index contributed by atoms with van der Waals surface area (Å²) < 4.78 is 5.55. The van der Waals surface area contributed by atoms with Crippen LogP contribution in [-0.2, 0) is 6.42 Å². The number of nitrogens with zero attached hydrogens (tertiary/aromatic N) is 4. The third kappa shape index (κ3) is 1.82. The maximum Gasteiger partial charge on any atom is 0.249 e. The number of aromatic nitrogens is 4. The summed E-state index contributed by atoms with van der Waals surface area (Å²) in [5.74, 6) is 0.984. The summed E-state index contributed by atoms with van der Waals surface area (Å²) in [4.78, 5) is 8.54. The van der Waals surface area contributed by atoms with E-state index in [-0.39, 0.29) is 0 Å². The predicted molar refractivity (Wildman–Crippen MR) is 65.6 cm³/mol. The summed E-state index contributed by atoms with van der Waals surface area (Å²) in [6.07, 6.45) is 3.87. The molecular formula is C12H11N5O. The van der Waals surface area contributed by atoms with Crippen molar-refractivity contribution in [1.82, 2.24) is 20.2 Å². The highest BCUT2D eigenvalue weighted by atomic mass is 16.4. The van der Waals surface area contributed by atoms with Gasteiger partial charge in [-0.1, -0.05) is 6.07 Å². The Bertz CT molecular complexity index is 674. The molecule has 1 aromatic carbocycles. The Morgan fingerprint density at radius 2 is 2.00 bits per heavy atom. The minimum atomic E-state index is 0.449. The lowest BCUT2D eigenvalue weighted by molar-refractivity contribution is 0.507. The van der Waals surface area contributed by atoms with Gasteiger partial charge in [0.1, 0.15) is 5.52 Å². The molecule has 3 rings (SSSR count). The van der Waals surface area contributed by atoms with Crippen molar-refractivity contribution in [3.63, 3.8) is 0 Å². The van der Waals surface area contributed by atoms with Gasteiger partial charge in [-0.15, -0.1) is 10.2 Å². The van der Waals surface area contributed by atoms with E-state index in [4.69, 9.17) is 10.2 Å². The summed E-state index contributed by atoms with van der Waals surface area (Å²) in [5, 5.41) is 7.96. The van der Waals surface area contributed by atoms with Crippen molar-refractivity contribution in [2.45, 2.75) is 6.42 Å². The Morgan fingerprint density at radius 3 is 2.89 bits per heavy atom. The van der Waals surface area contributed by atoms with E-state index in [1.165, 1.54) is 0 Å². The molecular weight excluding hydrogens is 230 g/mol. The highest BCUT2D eigenvalue weighted by Gasteiger charge is 2.12. The molecule has 2 aromatic heterocycles. The topological polar surface area (TPSA) is 90.7 Å². The molecule has 2 N–H and O–H groups in total. The molecule has 90 valence electrons. The molecule has 0 radical (unpaired) electrons. The van der Waals surface area contributed by atoms with Gasteiger partial charge in [0.25, 0.3) is 0 Å². The van der Waals surface area contributed by atoms with Gasteiger partial charge in [-0.25, -0.2) is 0 Å². The van der Waals surface area contributed by atoms with Crippen LogP contribution in [0, 0.1) is 0 Å². The third-order valence-electron chi connectivity index (χ3n) is 2.55. The SMILES string of the molecule is NCCc1nnc(-c2cccc3nccnc23)o1. The van der Waals surface area contributed by atoms with E-state index in [9.17, 15) is 0 Å². The van der Waals surface area contributed by atoms with Crippen LogP contribution in [0.3, 0.4) is 0 Å².